The molecule has 0 bridgehead atoms. The molecule has 0 amide bonds. The second kappa shape index (κ2) is 8.43. The number of allylic oxidation sites excluding steroid dienone is 2. The van der Waals surface area contributed by atoms with Crippen LogP contribution in [0.1, 0.15) is 30.9 Å². The largest absolute Gasteiger partial charge is 0.466 e. The van der Waals surface area contributed by atoms with Gasteiger partial charge >= 0.3 is 5.97 Å². The first-order chi connectivity index (χ1) is 12.7. The molecule has 3 rings (SSSR count). The van der Waals surface area contributed by atoms with Crippen LogP contribution in [0.3, 0.4) is 0 Å². The number of carbonyl (C=O) groups excluding carboxylic acids is 2. The number of benzene rings is 2. The highest BCUT2D eigenvalue weighted by Crippen LogP contribution is 2.33. The highest BCUT2D eigenvalue weighted by Gasteiger charge is 2.32. The minimum atomic E-state index is -0.322. The maximum atomic E-state index is 13.0. The van der Waals surface area contributed by atoms with Crippen molar-refractivity contribution in [3.05, 3.63) is 82.9 Å². The van der Waals surface area contributed by atoms with Gasteiger partial charge in [-0.15, -0.1) is 0 Å². The van der Waals surface area contributed by atoms with E-state index in [1.165, 1.54) is 0 Å². The molecule has 0 radical (unpaired) electrons. The van der Waals surface area contributed by atoms with Crippen LogP contribution in [0.4, 0.5) is 0 Å². The first-order valence-corrected chi connectivity index (χ1v) is 8.90. The van der Waals surface area contributed by atoms with Gasteiger partial charge < -0.3 is 4.74 Å². The maximum Gasteiger partial charge on any atom is 0.309 e. The Morgan fingerprint density at radius 3 is 1.81 bits per heavy atom. The molecule has 0 atom stereocenters. The lowest BCUT2D eigenvalue weighted by molar-refractivity contribution is -0.148. The zero-order valence-electron chi connectivity index (χ0n) is 14.9. The summed E-state index contributed by atoms with van der Waals surface area (Å²) >= 11 is 0. The SMILES string of the molecule is CCOC(=O)C1CC(=Cc2ccccc2)C(=O)C(=Cc2ccccc2)C1. The van der Waals surface area contributed by atoms with Gasteiger partial charge in [0.2, 0.25) is 0 Å². The Bertz CT molecular complexity index is 771. The highest BCUT2D eigenvalue weighted by atomic mass is 16.5. The van der Waals surface area contributed by atoms with E-state index in [1.807, 2.05) is 72.8 Å². The van der Waals surface area contributed by atoms with Gasteiger partial charge in [0.1, 0.15) is 0 Å². The molecule has 3 nitrogen and oxygen atoms in total. The van der Waals surface area contributed by atoms with E-state index in [0.717, 1.165) is 11.1 Å². The third-order valence-corrected chi connectivity index (χ3v) is 4.42. The van der Waals surface area contributed by atoms with Gasteiger partial charge in [0.25, 0.3) is 0 Å². The first-order valence-electron chi connectivity index (χ1n) is 8.90. The van der Waals surface area contributed by atoms with Gasteiger partial charge in [-0.1, -0.05) is 60.7 Å². The van der Waals surface area contributed by atoms with E-state index in [4.69, 9.17) is 4.74 Å². The summed E-state index contributed by atoms with van der Waals surface area (Å²) < 4.78 is 5.21. The summed E-state index contributed by atoms with van der Waals surface area (Å²) in [6.07, 6.45) is 4.59. The third kappa shape index (κ3) is 4.37. The summed E-state index contributed by atoms with van der Waals surface area (Å²) in [7, 11) is 0. The molecule has 2 aromatic rings. The maximum absolute atomic E-state index is 13.0. The molecule has 0 aliphatic heterocycles. The fraction of sp³-hybridized carbons (Fsp3) is 0.217. The third-order valence-electron chi connectivity index (χ3n) is 4.42. The lowest BCUT2D eigenvalue weighted by atomic mass is 9.80. The number of carbonyl (C=O) groups is 2. The van der Waals surface area contributed by atoms with Gasteiger partial charge in [-0.2, -0.15) is 0 Å². The second-order valence-corrected chi connectivity index (χ2v) is 6.35. The van der Waals surface area contributed by atoms with Crippen molar-refractivity contribution in [2.45, 2.75) is 19.8 Å². The Morgan fingerprint density at radius 1 is 0.923 bits per heavy atom. The topological polar surface area (TPSA) is 43.4 Å². The number of hydrogen-bond donors (Lipinski definition) is 0. The molecule has 1 aliphatic rings. The van der Waals surface area contributed by atoms with Gasteiger partial charge in [-0.3, -0.25) is 9.59 Å². The average molecular weight is 346 g/mol. The van der Waals surface area contributed by atoms with Crippen LogP contribution in [0.25, 0.3) is 12.2 Å². The summed E-state index contributed by atoms with van der Waals surface area (Å²) in [4.78, 5) is 25.3. The molecule has 1 fully saturated rings. The van der Waals surface area contributed by atoms with Gasteiger partial charge in [0, 0.05) is 11.1 Å². The number of hydrogen-bond acceptors (Lipinski definition) is 3. The molecule has 0 spiro atoms. The first kappa shape index (κ1) is 17.9. The summed E-state index contributed by atoms with van der Waals surface area (Å²) in [6, 6.07) is 19.4. The Morgan fingerprint density at radius 2 is 1.38 bits per heavy atom. The Hall–Kier alpha value is -2.94. The number of Topliss-reactive ketones (excluding diaryl/α,β-unsaturated/α-hetero) is 1. The predicted octanol–water partition coefficient (Wildman–Crippen LogP) is 4.70. The Kier molecular flexibility index (Phi) is 5.80. The molecule has 1 aliphatic carbocycles. The lowest BCUT2D eigenvalue weighted by Crippen LogP contribution is -2.27. The second-order valence-electron chi connectivity index (χ2n) is 6.35. The van der Waals surface area contributed by atoms with Gasteiger partial charge in [-0.05, 0) is 43.0 Å². The molecule has 0 heterocycles. The average Bonchev–Trinajstić information content (AvgIpc) is 2.66. The minimum Gasteiger partial charge on any atom is -0.466 e. The Balaban J connectivity index is 1.96. The minimum absolute atomic E-state index is 0.0123. The summed E-state index contributed by atoms with van der Waals surface area (Å²) in [6.45, 7) is 2.14. The standard InChI is InChI=1S/C23H22O3/c1-2-26-23(25)21-15-19(13-17-9-5-3-6-10-17)22(24)20(16-21)14-18-11-7-4-8-12-18/h3-14,21H,2,15-16H2,1H3. The van der Waals surface area contributed by atoms with Crippen LogP contribution in [0.5, 0.6) is 0 Å². The fourth-order valence-corrected chi connectivity index (χ4v) is 3.17. The number of ketones is 1. The molecule has 2 aromatic carbocycles. The van der Waals surface area contributed by atoms with Crippen LogP contribution in [-0.4, -0.2) is 18.4 Å². The van der Waals surface area contributed by atoms with Gasteiger partial charge in [0.05, 0.1) is 12.5 Å². The lowest BCUT2D eigenvalue weighted by Gasteiger charge is -2.24. The molecule has 1 saturated carbocycles. The van der Waals surface area contributed by atoms with E-state index in [2.05, 4.69) is 0 Å². The summed E-state index contributed by atoms with van der Waals surface area (Å²) in [5.41, 5.74) is 3.23. The van der Waals surface area contributed by atoms with Crippen molar-refractivity contribution in [3.8, 4) is 0 Å². The van der Waals surface area contributed by atoms with Crippen molar-refractivity contribution in [2.75, 3.05) is 6.61 Å². The zero-order valence-corrected chi connectivity index (χ0v) is 14.9. The van der Waals surface area contributed by atoms with Crippen molar-refractivity contribution >= 4 is 23.9 Å². The van der Waals surface area contributed by atoms with E-state index in [1.54, 1.807) is 6.92 Å². The zero-order chi connectivity index (χ0) is 18.4. The monoisotopic (exact) mass is 346 g/mol. The van der Waals surface area contributed by atoms with Crippen LogP contribution in [0.15, 0.2) is 71.8 Å². The van der Waals surface area contributed by atoms with Crippen LogP contribution in [0.2, 0.25) is 0 Å². The molecule has 0 unspecified atom stereocenters. The molecule has 26 heavy (non-hydrogen) atoms. The summed E-state index contributed by atoms with van der Waals surface area (Å²) in [5, 5.41) is 0. The molecule has 3 heteroatoms. The van der Waals surface area contributed by atoms with Crippen LogP contribution < -0.4 is 0 Å². The van der Waals surface area contributed by atoms with E-state index >= 15 is 0 Å². The quantitative estimate of drug-likeness (QED) is 0.595. The number of esters is 1. The molecule has 0 N–H and O–H groups in total. The summed E-state index contributed by atoms with van der Waals surface area (Å²) in [5.74, 6) is -0.547. The molecular formula is C23H22O3. The van der Waals surface area contributed by atoms with Crippen molar-refractivity contribution in [2.24, 2.45) is 5.92 Å². The van der Waals surface area contributed by atoms with Gasteiger partial charge in [0.15, 0.2) is 5.78 Å². The number of ether oxygens (including phenoxy) is 1. The Labute approximate surface area is 154 Å². The smallest absolute Gasteiger partial charge is 0.309 e. The normalized spacial score (nSPS) is 20.3. The molecule has 132 valence electrons. The molecule has 0 aromatic heterocycles. The van der Waals surface area contributed by atoms with E-state index in [9.17, 15) is 9.59 Å². The van der Waals surface area contributed by atoms with Crippen LogP contribution in [0, 0.1) is 5.92 Å². The highest BCUT2D eigenvalue weighted by molar-refractivity contribution is 6.14. The van der Waals surface area contributed by atoms with Crippen molar-refractivity contribution < 1.29 is 14.3 Å². The van der Waals surface area contributed by atoms with Crippen molar-refractivity contribution in [3.63, 3.8) is 0 Å². The number of rotatable bonds is 4. The van der Waals surface area contributed by atoms with E-state index in [0.29, 0.717) is 30.6 Å². The fourth-order valence-electron chi connectivity index (χ4n) is 3.17. The predicted molar refractivity (Wildman–Crippen MR) is 103 cm³/mol. The molecular weight excluding hydrogens is 324 g/mol. The van der Waals surface area contributed by atoms with Crippen molar-refractivity contribution in [1.82, 2.24) is 0 Å². The van der Waals surface area contributed by atoms with E-state index < -0.39 is 0 Å². The van der Waals surface area contributed by atoms with Gasteiger partial charge in [-0.25, -0.2) is 0 Å². The molecule has 0 saturated heterocycles. The van der Waals surface area contributed by atoms with Crippen LogP contribution >= 0.6 is 0 Å². The van der Waals surface area contributed by atoms with Crippen LogP contribution in [-0.2, 0) is 14.3 Å². The van der Waals surface area contributed by atoms with Crippen molar-refractivity contribution in [1.29, 1.82) is 0 Å². The van der Waals surface area contributed by atoms with E-state index in [-0.39, 0.29) is 17.7 Å².